The minimum absolute atomic E-state index is 0.490. The normalized spacial score (nSPS) is 19.4. The van der Waals surface area contributed by atoms with Gasteiger partial charge < -0.3 is 4.57 Å². The Kier molecular flexibility index (Phi) is 5.33. The molecule has 2 aromatic rings. The van der Waals surface area contributed by atoms with Gasteiger partial charge in [-0.05, 0) is 30.8 Å². The van der Waals surface area contributed by atoms with E-state index in [4.69, 9.17) is 0 Å². The van der Waals surface area contributed by atoms with Crippen molar-refractivity contribution in [3.8, 4) is 0 Å². The van der Waals surface area contributed by atoms with E-state index in [1.807, 2.05) is 17.4 Å². The lowest BCUT2D eigenvalue weighted by molar-refractivity contribution is 0.196. The van der Waals surface area contributed by atoms with E-state index in [9.17, 15) is 0 Å². The molecule has 0 aliphatic carbocycles. The molecule has 3 rings (SSSR count). The molecule has 0 radical (unpaired) electrons. The summed E-state index contributed by atoms with van der Waals surface area (Å²) in [6.45, 7) is 7.09. The third kappa shape index (κ3) is 3.62. The molecule has 1 aliphatic rings. The minimum Gasteiger partial charge on any atom is -0.309 e. The Morgan fingerprint density at radius 2 is 2.41 bits per heavy atom. The van der Waals surface area contributed by atoms with E-state index < -0.39 is 0 Å². The number of thioether (sulfide) groups is 1. The van der Waals surface area contributed by atoms with Crippen LogP contribution in [0.4, 0.5) is 0 Å². The molecule has 3 heterocycles. The summed E-state index contributed by atoms with van der Waals surface area (Å²) in [6, 6.07) is 4.35. The highest BCUT2D eigenvalue weighted by Crippen LogP contribution is 2.28. The van der Waals surface area contributed by atoms with E-state index >= 15 is 0 Å². The number of hydrogen-bond acceptors (Lipinski definition) is 5. The Labute approximate surface area is 140 Å². The lowest BCUT2D eigenvalue weighted by Gasteiger charge is -2.31. The van der Waals surface area contributed by atoms with Crippen LogP contribution in [0.2, 0.25) is 0 Å². The molecule has 1 fully saturated rings. The van der Waals surface area contributed by atoms with Gasteiger partial charge in [-0.2, -0.15) is 0 Å². The molecule has 1 saturated heterocycles. The number of aromatic nitrogens is 3. The average molecular weight is 335 g/mol. The molecule has 1 aliphatic heterocycles. The zero-order valence-corrected chi connectivity index (χ0v) is 14.6. The second-order valence-corrected chi connectivity index (χ2v) is 7.67. The highest BCUT2D eigenvalue weighted by Gasteiger charge is 2.26. The van der Waals surface area contributed by atoms with E-state index in [0.717, 1.165) is 29.8 Å². The highest BCUT2D eigenvalue weighted by atomic mass is 32.2. The first-order valence-electron chi connectivity index (χ1n) is 7.65. The number of nitrogens with zero attached hydrogens (tertiary/aromatic N) is 4. The monoisotopic (exact) mass is 334 g/mol. The summed E-state index contributed by atoms with van der Waals surface area (Å²) in [7, 11) is 2.08. The molecule has 0 unspecified atom stereocenters. The van der Waals surface area contributed by atoms with Gasteiger partial charge in [0.1, 0.15) is 5.82 Å². The van der Waals surface area contributed by atoms with Crippen LogP contribution in [0.3, 0.4) is 0 Å². The van der Waals surface area contributed by atoms with E-state index in [1.165, 1.54) is 24.3 Å². The molecule has 0 saturated carbocycles. The predicted molar refractivity (Wildman–Crippen MR) is 93.5 cm³/mol. The molecule has 118 valence electrons. The lowest BCUT2D eigenvalue weighted by atomic mass is 9.97. The number of rotatable bonds is 6. The maximum Gasteiger partial charge on any atom is 0.191 e. The fourth-order valence-electron chi connectivity index (χ4n) is 2.97. The first-order valence-corrected chi connectivity index (χ1v) is 9.52. The summed E-state index contributed by atoms with van der Waals surface area (Å²) < 4.78 is 2.16. The topological polar surface area (TPSA) is 34.0 Å². The fraction of sp³-hybridized carbons (Fsp3) is 0.500. The second-order valence-electron chi connectivity index (χ2n) is 5.65. The Morgan fingerprint density at radius 3 is 3.18 bits per heavy atom. The maximum absolute atomic E-state index is 4.46. The minimum atomic E-state index is 0.490. The van der Waals surface area contributed by atoms with Crippen LogP contribution in [0.5, 0.6) is 0 Å². The van der Waals surface area contributed by atoms with Gasteiger partial charge in [0.05, 0.1) is 0 Å². The zero-order chi connectivity index (χ0) is 15.4. The molecule has 6 heteroatoms. The van der Waals surface area contributed by atoms with E-state index in [-0.39, 0.29) is 0 Å². The van der Waals surface area contributed by atoms with Gasteiger partial charge in [0.15, 0.2) is 5.16 Å². The van der Waals surface area contributed by atoms with Crippen molar-refractivity contribution < 1.29 is 0 Å². The van der Waals surface area contributed by atoms with Gasteiger partial charge in [-0.25, -0.2) is 0 Å². The maximum atomic E-state index is 4.46. The summed E-state index contributed by atoms with van der Waals surface area (Å²) in [5.74, 6) is 2.49. The van der Waals surface area contributed by atoms with Gasteiger partial charge in [-0.15, -0.1) is 28.1 Å². The van der Waals surface area contributed by atoms with Crippen molar-refractivity contribution in [1.82, 2.24) is 19.7 Å². The number of likely N-dealkylation sites (tertiary alicyclic amines) is 1. The van der Waals surface area contributed by atoms with Crippen molar-refractivity contribution in [2.24, 2.45) is 7.05 Å². The Morgan fingerprint density at radius 1 is 1.50 bits per heavy atom. The van der Waals surface area contributed by atoms with Gasteiger partial charge in [0.2, 0.25) is 0 Å². The number of piperidine rings is 1. The molecule has 4 nitrogen and oxygen atoms in total. The predicted octanol–water partition coefficient (Wildman–Crippen LogP) is 3.53. The largest absolute Gasteiger partial charge is 0.309 e. The van der Waals surface area contributed by atoms with Crippen LogP contribution in [-0.2, 0) is 13.6 Å². The zero-order valence-electron chi connectivity index (χ0n) is 12.9. The molecular formula is C16H22N4S2. The third-order valence-electron chi connectivity index (χ3n) is 4.03. The van der Waals surface area contributed by atoms with Crippen LogP contribution >= 0.6 is 23.1 Å². The molecular weight excluding hydrogens is 312 g/mol. The number of thiophene rings is 1. The average Bonchev–Trinajstić information content (AvgIpc) is 3.15. The van der Waals surface area contributed by atoms with Crippen molar-refractivity contribution in [3.63, 3.8) is 0 Å². The SMILES string of the molecule is C=CCSc1nnc([C@H]2CCCN(Cc3cccs3)C2)n1C. The standard InChI is InChI=1S/C16H22N4S2/c1-3-9-22-16-18-17-15(19(16)2)13-6-4-8-20(11-13)12-14-7-5-10-21-14/h3,5,7,10,13H,1,4,6,8-9,11-12H2,2H3/t13-/m0/s1. The fourth-order valence-corrected chi connectivity index (χ4v) is 4.37. The first kappa shape index (κ1) is 15.8. The Bertz CT molecular complexity index is 606. The van der Waals surface area contributed by atoms with Gasteiger partial charge in [0.25, 0.3) is 0 Å². The van der Waals surface area contributed by atoms with Crippen molar-refractivity contribution in [3.05, 3.63) is 40.9 Å². The van der Waals surface area contributed by atoms with Gasteiger partial charge in [0, 0.05) is 36.7 Å². The van der Waals surface area contributed by atoms with Crippen molar-refractivity contribution in [2.45, 2.75) is 30.5 Å². The highest BCUT2D eigenvalue weighted by molar-refractivity contribution is 7.99. The van der Waals surface area contributed by atoms with Crippen molar-refractivity contribution in [2.75, 3.05) is 18.8 Å². The van der Waals surface area contributed by atoms with Crippen molar-refractivity contribution in [1.29, 1.82) is 0 Å². The Balaban J connectivity index is 1.66. The van der Waals surface area contributed by atoms with Crippen LogP contribution in [0.15, 0.2) is 35.3 Å². The second kappa shape index (κ2) is 7.44. The molecule has 0 bridgehead atoms. The van der Waals surface area contributed by atoms with Crippen LogP contribution in [-0.4, -0.2) is 38.5 Å². The van der Waals surface area contributed by atoms with Gasteiger partial charge in [-0.1, -0.05) is 23.9 Å². The molecule has 0 aromatic carbocycles. The number of hydrogen-bond donors (Lipinski definition) is 0. The van der Waals surface area contributed by atoms with E-state index in [0.29, 0.717) is 5.92 Å². The molecule has 0 amide bonds. The molecule has 2 aromatic heterocycles. The molecule has 22 heavy (non-hydrogen) atoms. The summed E-state index contributed by atoms with van der Waals surface area (Å²) in [5.41, 5.74) is 0. The van der Waals surface area contributed by atoms with Gasteiger partial charge in [-0.3, -0.25) is 4.90 Å². The molecule has 1 atom stereocenters. The molecule has 0 spiro atoms. The summed E-state index contributed by atoms with van der Waals surface area (Å²) >= 11 is 3.54. The summed E-state index contributed by atoms with van der Waals surface area (Å²) in [5, 5.41) is 11.9. The smallest absolute Gasteiger partial charge is 0.191 e. The van der Waals surface area contributed by atoms with Crippen LogP contribution in [0.25, 0.3) is 0 Å². The van der Waals surface area contributed by atoms with Crippen molar-refractivity contribution >= 4 is 23.1 Å². The molecule has 0 N–H and O–H groups in total. The third-order valence-corrected chi connectivity index (χ3v) is 5.91. The lowest BCUT2D eigenvalue weighted by Crippen LogP contribution is -2.34. The van der Waals surface area contributed by atoms with Crippen LogP contribution in [0.1, 0.15) is 29.5 Å². The van der Waals surface area contributed by atoms with E-state index in [2.05, 4.69) is 50.8 Å². The summed E-state index contributed by atoms with van der Waals surface area (Å²) in [6.07, 6.45) is 4.35. The first-order chi connectivity index (χ1) is 10.8. The summed E-state index contributed by atoms with van der Waals surface area (Å²) in [4.78, 5) is 3.99. The van der Waals surface area contributed by atoms with Gasteiger partial charge >= 0.3 is 0 Å². The van der Waals surface area contributed by atoms with Crippen LogP contribution < -0.4 is 0 Å². The van der Waals surface area contributed by atoms with Crippen LogP contribution in [0, 0.1) is 0 Å². The van der Waals surface area contributed by atoms with E-state index in [1.54, 1.807) is 11.8 Å². The quantitative estimate of drug-likeness (QED) is 0.598. The Hall–Kier alpha value is -1.11.